The summed E-state index contributed by atoms with van der Waals surface area (Å²) in [6.45, 7) is 8.36. The van der Waals surface area contributed by atoms with Crippen LogP contribution in [0.15, 0.2) is 24.4 Å². The number of rotatable bonds is 7. The number of alkyl halides is 3. The van der Waals surface area contributed by atoms with Crippen molar-refractivity contribution in [3.8, 4) is 6.07 Å². The van der Waals surface area contributed by atoms with Crippen LogP contribution in [0.5, 0.6) is 0 Å². The molecule has 39 heavy (non-hydrogen) atoms. The molecular formula is C24H28ClF4N7O3. The Bertz CT molecular complexity index is 1200. The van der Waals surface area contributed by atoms with Crippen LogP contribution in [-0.4, -0.2) is 82.7 Å². The molecular weight excluding hydrogens is 546 g/mol. The summed E-state index contributed by atoms with van der Waals surface area (Å²) in [4.78, 5) is 34.3. The Morgan fingerprint density at radius 1 is 1.26 bits per heavy atom. The second kappa shape index (κ2) is 14.0. The summed E-state index contributed by atoms with van der Waals surface area (Å²) in [5.41, 5.74) is 3.60. The van der Waals surface area contributed by atoms with Gasteiger partial charge in [0.05, 0.1) is 6.20 Å². The molecule has 1 aromatic carbocycles. The number of hydrogen-bond donors (Lipinski definition) is 2. The minimum Gasteiger partial charge on any atom is -0.475 e. The molecule has 1 fully saturated rings. The standard InChI is InChI=1S/C22H27ClFN7O.C2HF3O2/c1-15(2)13-31(21-18(23)12-26-20(11-25)27-21)28-22(32)16-4-5-19(24)17(10-16)14-30-8-6-29(3)7-9-30;3-2(4,5)1(6)7/h4-5,10,12,15H,6-9,13-14H2,1-3H3,(H,28,32);(H,6,7). The summed E-state index contributed by atoms with van der Waals surface area (Å²) in [6, 6.07) is 6.23. The number of hydrogen-bond acceptors (Lipinski definition) is 8. The number of carboxylic acid groups (broad SMARTS) is 1. The molecule has 0 atom stereocenters. The number of benzene rings is 1. The second-order valence-corrected chi connectivity index (χ2v) is 9.52. The largest absolute Gasteiger partial charge is 0.490 e. The smallest absolute Gasteiger partial charge is 0.475 e. The third-order valence-corrected chi connectivity index (χ3v) is 5.67. The van der Waals surface area contributed by atoms with Crippen LogP contribution in [-0.2, 0) is 11.3 Å². The summed E-state index contributed by atoms with van der Waals surface area (Å²) in [6.07, 6.45) is -3.76. The number of likely N-dealkylation sites (N-methyl/N-ethyl adjacent to an activating group) is 1. The molecule has 0 aliphatic carbocycles. The van der Waals surface area contributed by atoms with Crippen molar-refractivity contribution in [3.63, 3.8) is 0 Å². The highest BCUT2D eigenvalue weighted by atomic mass is 35.5. The van der Waals surface area contributed by atoms with Gasteiger partial charge in [-0.05, 0) is 31.2 Å². The first-order valence-corrected chi connectivity index (χ1v) is 12.1. The maximum absolute atomic E-state index is 14.5. The fourth-order valence-corrected chi connectivity index (χ4v) is 3.62. The number of carbonyl (C=O) groups excluding carboxylic acids is 1. The molecule has 2 heterocycles. The molecule has 1 aromatic heterocycles. The SMILES string of the molecule is CC(C)CN(NC(=O)c1ccc(F)c(CN2CCN(C)CC2)c1)c1nc(C#N)ncc1Cl.O=C(O)C(F)(F)F. The number of aromatic nitrogens is 2. The maximum atomic E-state index is 14.5. The zero-order valence-electron chi connectivity index (χ0n) is 21.5. The van der Waals surface area contributed by atoms with E-state index in [-0.39, 0.29) is 28.4 Å². The van der Waals surface area contributed by atoms with E-state index in [9.17, 15) is 22.4 Å². The lowest BCUT2D eigenvalue weighted by Crippen LogP contribution is -2.45. The lowest BCUT2D eigenvalue weighted by molar-refractivity contribution is -0.192. The van der Waals surface area contributed by atoms with Crippen LogP contribution in [0.25, 0.3) is 0 Å². The Balaban J connectivity index is 0.000000673. The summed E-state index contributed by atoms with van der Waals surface area (Å²) < 4.78 is 46.2. The summed E-state index contributed by atoms with van der Waals surface area (Å²) in [7, 11) is 2.06. The topological polar surface area (TPSA) is 126 Å². The van der Waals surface area contributed by atoms with E-state index < -0.39 is 18.1 Å². The number of nitrogens with zero attached hydrogens (tertiary/aromatic N) is 6. The first-order chi connectivity index (χ1) is 18.2. The Kier molecular flexibility index (Phi) is 11.4. The minimum atomic E-state index is -5.08. The first kappa shape index (κ1) is 31.7. The summed E-state index contributed by atoms with van der Waals surface area (Å²) in [5.74, 6) is -3.17. The molecule has 0 spiro atoms. The van der Waals surface area contributed by atoms with Crippen molar-refractivity contribution < 1.29 is 32.3 Å². The van der Waals surface area contributed by atoms with Crippen LogP contribution in [0.1, 0.15) is 35.6 Å². The molecule has 0 unspecified atom stereocenters. The van der Waals surface area contributed by atoms with Gasteiger partial charge in [-0.2, -0.15) is 23.4 Å². The number of aliphatic carboxylic acids is 1. The third-order valence-electron chi connectivity index (χ3n) is 5.41. The van der Waals surface area contributed by atoms with Crippen LogP contribution in [0.4, 0.5) is 23.4 Å². The molecule has 1 amide bonds. The zero-order valence-corrected chi connectivity index (χ0v) is 22.2. The highest BCUT2D eigenvalue weighted by Crippen LogP contribution is 2.23. The fourth-order valence-electron chi connectivity index (χ4n) is 3.42. The minimum absolute atomic E-state index is 0.0522. The van der Waals surface area contributed by atoms with Crippen molar-refractivity contribution in [2.45, 2.75) is 26.6 Å². The van der Waals surface area contributed by atoms with Gasteiger partial charge < -0.3 is 10.0 Å². The van der Waals surface area contributed by atoms with Gasteiger partial charge in [-0.15, -0.1) is 0 Å². The van der Waals surface area contributed by atoms with Crippen molar-refractivity contribution in [1.29, 1.82) is 5.26 Å². The van der Waals surface area contributed by atoms with E-state index >= 15 is 0 Å². The van der Waals surface area contributed by atoms with Crippen LogP contribution >= 0.6 is 11.6 Å². The molecule has 10 nitrogen and oxygen atoms in total. The van der Waals surface area contributed by atoms with Gasteiger partial charge in [0.15, 0.2) is 5.82 Å². The number of halogens is 5. The van der Waals surface area contributed by atoms with Gasteiger partial charge in [0.1, 0.15) is 16.9 Å². The summed E-state index contributed by atoms with van der Waals surface area (Å²) >= 11 is 6.24. The molecule has 1 saturated heterocycles. The number of piperazine rings is 1. The predicted molar refractivity (Wildman–Crippen MR) is 134 cm³/mol. The van der Waals surface area contributed by atoms with Crippen molar-refractivity contribution in [1.82, 2.24) is 25.2 Å². The van der Waals surface area contributed by atoms with Crippen LogP contribution < -0.4 is 10.4 Å². The molecule has 212 valence electrons. The van der Waals surface area contributed by atoms with Crippen LogP contribution in [0, 0.1) is 23.1 Å². The third kappa shape index (κ3) is 9.93. The zero-order chi connectivity index (χ0) is 29.3. The highest BCUT2D eigenvalue weighted by Gasteiger charge is 2.38. The van der Waals surface area contributed by atoms with Crippen LogP contribution in [0.2, 0.25) is 5.02 Å². The van der Waals surface area contributed by atoms with E-state index in [1.807, 2.05) is 19.9 Å². The Morgan fingerprint density at radius 3 is 2.41 bits per heavy atom. The van der Waals surface area contributed by atoms with E-state index in [1.54, 1.807) is 6.07 Å². The van der Waals surface area contributed by atoms with E-state index in [4.69, 9.17) is 26.8 Å². The van der Waals surface area contributed by atoms with Gasteiger partial charge in [-0.25, -0.2) is 14.2 Å². The molecule has 1 aliphatic heterocycles. The van der Waals surface area contributed by atoms with E-state index in [0.717, 1.165) is 26.2 Å². The fraction of sp³-hybridized carbons (Fsp3) is 0.458. The first-order valence-electron chi connectivity index (χ1n) is 11.7. The Hall–Kier alpha value is -3.54. The Morgan fingerprint density at radius 2 is 1.87 bits per heavy atom. The lowest BCUT2D eigenvalue weighted by atomic mass is 10.1. The van der Waals surface area contributed by atoms with E-state index in [0.29, 0.717) is 24.2 Å². The number of carboxylic acids is 1. The summed E-state index contributed by atoms with van der Waals surface area (Å²) in [5, 5.41) is 18.0. The molecule has 0 saturated carbocycles. The van der Waals surface area contributed by atoms with Gasteiger partial charge in [0, 0.05) is 50.4 Å². The highest BCUT2D eigenvalue weighted by molar-refractivity contribution is 6.32. The van der Waals surface area contributed by atoms with Gasteiger partial charge in [-0.3, -0.25) is 20.1 Å². The van der Waals surface area contributed by atoms with Gasteiger partial charge in [0.25, 0.3) is 5.91 Å². The second-order valence-electron chi connectivity index (χ2n) is 9.11. The van der Waals surface area contributed by atoms with Crippen molar-refractivity contribution >= 4 is 29.3 Å². The van der Waals surface area contributed by atoms with Gasteiger partial charge in [0.2, 0.25) is 5.82 Å². The molecule has 15 heteroatoms. The number of amides is 1. The van der Waals surface area contributed by atoms with Gasteiger partial charge in [-0.1, -0.05) is 25.4 Å². The van der Waals surface area contributed by atoms with E-state index in [2.05, 4.69) is 32.2 Å². The number of anilines is 1. The average molecular weight is 574 g/mol. The molecule has 2 N–H and O–H groups in total. The molecule has 3 rings (SSSR count). The molecule has 2 aromatic rings. The number of nitriles is 1. The predicted octanol–water partition coefficient (Wildman–Crippen LogP) is 3.33. The van der Waals surface area contributed by atoms with Crippen molar-refractivity contribution in [3.05, 3.63) is 52.2 Å². The van der Waals surface area contributed by atoms with Crippen molar-refractivity contribution in [2.24, 2.45) is 5.92 Å². The monoisotopic (exact) mass is 573 g/mol. The lowest BCUT2D eigenvalue weighted by Gasteiger charge is -2.32. The number of nitrogens with one attached hydrogen (secondary N) is 1. The molecule has 0 radical (unpaired) electrons. The maximum Gasteiger partial charge on any atom is 0.490 e. The Labute approximate surface area is 227 Å². The van der Waals surface area contributed by atoms with E-state index in [1.165, 1.54) is 23.3 Å². The van der Waals surface area contributed by atoms with Crippen molar-refractivity contribution in [2.75, 3.05) is 44.8 Å². The van der Waals surface area contributed by atoms with Crippen LogP contribution in [0.3, 0.4) is 0 Å². The average Bonchev–Trinajstić information content (AvgIpc) is 2.86. The quantitative estimate of drug-likeness (QED) is 0.379. The normalized spacial score (nSPS) is 14.3. The van der Waals surface area contributed by atoms with Gasteiger partial charge >= 0.3 is 12.1 Å². The number of hydrazine groups is 1. The number of carbonyl (C=O) groups is 2. The molecule has 1 aliphatic rings. The molecule has 0 bridgehead atoms.